The smallest absolute Gasteiger partial charge is 0.469 e. The van der Waals surface area contributed by atoms with Gasteiger partial charge in [-0.25, -0.2) is 0 Å². The molecule has 0 aromatic heterocycles. The Morgan fingerprint density at radius 3 is 2.65 bits per heavy atom. The molecule has 0 saturated carbocycles. The third-order valence-electron chi connectivity index (χ3n) is 3.28. The summed E-state index contributed by atoms with van der Waals surface area (Å²) in [7, 11) is 1.24. The van der Waals surface area contributed by atoms with E-state index in [4.69, 9.17) is 5.73 Å². The van der Waals surface area contributed by atoms with Crippen molar-refractivity contribution in [3.63, 3.8) is 0 Å². The van der Waals surface area contributed by atoms with Crippen LogP contribution in [0.2, 0.25) is 0 Å². The number of carbonyl (C=O) groups is 1. The van der Waals surface area contributed by atoms with Gasteiger partial charge in [0.1, 0.15) is 0 Å². The number of carbonyl (C=O) groups excluding carboxylic acids is 1. The van der Waals surface area contributed by atoms with Crippen molar-refractivity contribution in [2.24, 2.45) is 11.1 Å². The summed E-state index contributed by atoms with van der Waals surface area (Å²) in [5.74, 6) is -0.807. The lowest BCUT2D eigenvalue weighted by molar-refractivity contribution is -0.287. The Labute approximate surface area is 114 Å². The molecule has 1 aliphatic rings. The third-order valence-corrected chi connectivity index (χ3v) is 3.28. The summed E-state index contributed by atoms with van der Waals surface area (Å²) in [5.41, 5.74) is 5.18. The number of methoxy groups -OCH3 is 1. The molecule has 7 heteroatoms. The third kappa shape index (κ3) is 2.29. The predicted octanol–water partition coefficient (Wildman–Crippen LogP) is 2.21. The molecule has 0 radical (unpaired) electrons. The molecule has 1 aliphatic heterocycles. The van der Waals surface area contributed by atoms with Crippen molar-refractivity contribution in [2.45, 2.75) is 26.2 Å². The van der Waals surface area contributed by atoms with Gasteiger partial charge in [-0.05, 0) is 19.9 Å². The topological polar surface area (TPSA) is 70.8 Å². The molecule has 1 heterocycles. The van der Waals surface area contributed by atoms with Crippen molar-refractivity contribution in [1.29, 1.82) is 0 Å². The molecule has 2 N–H and O–H groups in total. The van der Waals surface area contributed by atoms with E-state index in [1.54, 1.807) is 13.8 Å². The highest BCUT2D eigenvalue weighted by molar-refractivity contribution is 5.77. The first-order valence-electron chi connectivity index (χ1n) is 5.92. The fraction of sp³-hybridized carbons (Fsp3) is 0.462. The van der Waals surface area contributed by atoms with Gasteiger partial charge in [-0.3, -0.25) is 4.79 Å². The number of fused-ring (bicyclic) bond motifs is 1. The Kier molecular flexibility index (Phi) is 3.33. The van der Waals surface area contributed by atoms with E-state index in [2.05, 4.69) is 14.2 Å². The van der Waals surface area contributed by atoms with Crippen molar-refractivity contribution in [3.8, 4) is 11.5 Å². The van der Waals surface area contributed by atoms with Crippen LogP contribution in [0, 0.1) is 5.41 Å². The van der Waals surface area contributed by atoms with Crippen LogP contribution in [-0.2, 0) is 9.53 Å². The molecule has 0 unspecified atom stereocenters. The number of para-hydroxylation sites is 1. The lowest BCUT2D eigenvalue weighted by Crippen LogP contribution is -2.37. The first-order valence-corrected chi connectivity index (χ1v) is 5.92. The SMILES string of the molecule is COC(=O)C(C)(C)[C@H](N)c1cccc2c1OC(F)(F)O2. The van der Waals surface area contributed by atoms with Crippen LogP contribution in [0.15, 0.2) is 18.2 Å². The summed E-state index contributed by atoms with van der Waals surface area (Å²) < 4.78 is 39.8. The number of ether oxygens (including phenoxy) is 3. The fourth-order valence-corrected chi connectivity index (χ4v) is 2.01. The number of halogens is 2. The maximum Gasteiger partial charge on any atom is 0.586 e. The van der Waals surface area contributed by atoms with Gasteiger partial charge in [0.25, 0.3) is 0 Å². The van der Waals surface area contributed by atoms with Gasteiger partial charge in [-0.15, -0.1) is 8.78 Å². The Morgan fingerprint density at radius 2 is 2.05 bits per heavy atom. The van der Waals surface area contributed by atoms with E-state index < -0.39 is 23.7 Å². The van der Waals surface area contributed by atoms with E-state index in [0.717, 1.165) is 0 Å². The average Bonchev–Trinajstić information content (AvgIpc) is 2.70. The lowest BCUT2D eigenvalue weighted by Gasteiger charge is -2.29. The molecule has 0 bridgehead atoms. The van der Waals surface area contributed by atoms with Crippen LogP contribution in [-0.4, -0.2) is 19.4 Å². The van der Waals surface area contributed by atoms with Crippen LogP contribution < -0.4 is 15.2 Å². The van der Waals surface area contributed by atoms with E-state index in [0.29, 0.717) is 0 Å². The highest BCUT2D eigenvalue weighted by Gasteiger charge is 2.47. The summed E-state index contributed by atoms with van der Waals surface area (Å²) >= 11 is 0. The molecule has 0 spiro atoms. The molecule has 0 fully saturated rings. The maximum absolute atomic E-state index is 13.1. The van der Waals surface area contributed by atoms with Crippen LogP contribution in [0.1, 0.15) is 25.5 Å². The zero-order valence-electron chi connectivity index (χ0n) is 11.3. The van der Waals surface area contributed by atoms with Crippen LogP contribution in [0.4, 0.5) is 8.78 Å². The molecule has 0 saturated heterocycles. The maximum atomic E-state index is 13.1. The van der Waals surface area contributed by atoms with E-state index in [1.807, 2.05) is 0 Å². The Balaban J connectivity index is 2.41. The van der Waals surface area contributed by atoms with Crippen LogP contribution >= 0.6 is 0 Å². The normalized spacial score (nSPS) is 17.7. The minimum atomic E-state index is -3.73. The fourth-order valence-electron chi connectivity index (χ4n) is 2.01. The van der Waals surface area contributed by atoms with Crippen molar-refractivity contribution in [2.75, 3.05) is 7.11 Å². The number of esters is 1. The van der Waals surface area contributed by atoms with E-state index >= 15 is 0 Å². The van der Waals surface area contributed by atoms with Gasteiger partial charge in [0.2, 0.25) is 0 Å². The summed E-state index contributed by atoms with van der Waals surface area (Å²) in [6.07, 6.45) is -3.73. The standard InChI is InChI=1S/C13H15F2NO4/c1-12(2,11(17)18-3)10(16)7-5-4-6-8-9(7)20-13(14,15)19-8/h4-6,10H,16H2,1-3H3/t10-/m1/s1. The number of rotatable bonds is 3. The van der Waals surface area contributed by atoms with Gasteiger partial charge in [-0.1, -0.05) is 12.1 Å². The zero-order chi connectivity index (χ0) is 15.1. The van der Waals surface area contributed by atoms with Crippen molar-refractivity contribution >= 4 is 5.97 Å². The minimum Gasteiger partial charge on any atom is -0.469 e. The monoisotopic (exact) mass is 287 g/mol. The number of hydrogen-bond acceptors (Lipinski definition) is 5. The molecule has 110 valence electrons. The average molecular weight is 287 g/mol. The second-order valence-electron chi connectivity index (χ2n) is 5.03. The molecule has 1 atom stereocenters. The number of nitrogens with two attached hydrogens (primary N) is 1. The second kappa shape index (κ2) is 4.59. The summed E-state index contributed by atoms with van der Waals surface area (Å²) in [6.45, 7) is 3.13. The largest absolute Gasteiger partial charge is 0.586 e. The number of alkyl halides is 2. The summed E-state index contributed by atoms with van der Waals surface area (Å²) in [4.78, 5) is 11.8. The lowest BCUT2D eigenvalue weighted by atomic mass is 9.80. The molecule has 0 amide bonds. The first-order chi connectivity index (χ1) is 9.19. The molecule has 0 aliphatic carbocycles. The van der Waals surface area contributed by atoms with Gasteiger partial charge < -0.3 is 19.9 Å². The van der Waals surface area contributed by atoms with Crippen molar-refractivity contribution in [1.82, 2.24) is 0 Å². The zero-order valence-corrected chi connectivity index (χ0v) is 11.3. The van der Waals surface area contributed by atoms with Gasteiger partial charge in [0.05, 0.1) is 12.5 Å². The Morgan fingerprint density at radius 1 is 1.40 bits per heavy atom. The molecule has 1 aromatic carbocycles. The molecule has 1 aromatic rings. The van der Waals surface area contributed by atoms with Crippen molar-refractivity contribution < 1.29 is 27.8 Å². The molecular formula is C13H15F2NO4. The van der Waals surface area contributed by atoms with Gasteiger partial charge in [-0.2, -0.15) is 0 Å². The van der Waals surface area contributed by atoms with Gasteiger partial charge in [0.15, 0.2) is 11.5 Å². The predicted molar refractivity (Wildman–Crippen MR) is 65.4 cm³/mol. The number of benzene rings is 1. The van der Waals surface area contributed by atoms with E-state index in [-0.39, 0.29) is 17.1 Å². The summed E-state index contributed by atoms with van der Waals surface area (Å²) in [6, 6.07) is 3.48. The molecule has 2 rings (SSSR count). The Hall–Kier alpha value is -1.89. The van der Waals surface area contributed by atoms with Gasteiger partial charge >= 0.3 is 12.3 Å². The van der Waals surface area contributed by atoms with Crippen LogP contribution in [0.5, 0.6) is 11.5 Å². The van der Waals surface area contributed by atoms with E-state index in [1.165, 1.54) is 25.3 Å². The van der Waals surface area contributed by atoms with Crippen LogP contribution in [0.25, 0.3) is 0 Å². The second-order valence-corrected chi connectivity index (χ2v) is 5.03. The quantitative estimate of drug-likeness (QED) is 0.863. The van der Waals surface area contributed by atoms with Crippen LogP contribution in [0.3, 0.4) is 0 Å². The minimum absolute atomic E-state index is 0.108. The molecular weight excluding hydrogens is 272 g/mol. The van der Waals surface area contributed by atoms with Gasteiger partial charge in [0, 0.05) is 11.6 Å². The van der Waals surface area contributed by atoms with E-state index in [9.17, 15) is 13.6 Å². The van der Waals surface area contributed by atoms with Crippen molar-refractivity contribution in [3.05, 3.63) is 23.8 Å². The highest BCUT2D eigenvalue weighted by Crippen LogP contribution is 2.47. The Bertz CT molecular complexity index is 545. The molecule has 20 heavy (non-hydrogen) atoms. The highest BCUT2D eigenvalue weighted by atomic mass is 19.3. The first kappa shape index (κ1) is 14.5. The number of hydrogen-bond donors (Lipinski definition) is 1. The summed E-state index contributed by atoms with van der Waals surface area (Å²) in [5, 5.41) is 0. The molecule has 5 nitrogen and oxygen atoms in total.